The molecule has 0 spiro atoms. The first kappa shape index (κ1) is 21.7. The second-order valence-corrected chi connectivity index (χ2v) is 7.88. The molecule has 7 nitrogen and oxygen atoms in total. The molecule has 0 bridgehead atoms. The van der Waals surface area contributed by atoms with Gasteiger partial charge in [0.05, 0.1) is 6.04 Å². The third-order valence-corrected chi connectivity index (χ3v) is 5.97. The van der Waals surface area contributed by atoms with Crippen LogP contribution in [-0.4, -0.2) is 65.1 Å². The molecule has 8 heteroatoms. The molecule has 0 aliphatic carbocycles. The van der Waals surface area contributed by atoms with Crippen molar-refractivity contribution in [3.63, 3.8) is 0 Å². The number of rotatable bonds is 4. The van der Waals surface area contributed by atoms with E-state index in [0.29, 0.717) is 17.6 Å². The van der Waals surface area contributed by atoms with Crippen LogP contribution in [0.1, 0.15) is 37.3 Å². The van der Waals surface area contributed by atoms with Gasteiger partial charge in [0.1, 0.15) is 0 Å². The van der Waals surface area contributed by atoms with Crippen LogP contribution < -0.4 is 5.32 Å². The van der Waals surface area contributed by atoms with Crippen LogP contribution in [0.3, 0.4) is 0 Å². The zero-order valence-corrected chi connectivity index (χ0v) is 18.0. The fourth-order valence-electron chi connectivity index (χ4n) is 4.04. The van der Waals surface area contributed by atoms with Gasteiger partial charge in [-0.1, -0.05) is 35.0 Å². The number of hydrogen-bond donors (Lipinski definition) is 1. The molecule has 2 fully saturated rings. The van der Waals surface area contributed by atoms with Crippen molar-refractivity contribution in [2.24, 2.45) is 5.92 Å². The standard InChI is InChI=1S/C21H29N5O2.ClH/c1-15-3-5-17(6-4-15)19-23-20(28-24-19)16(2)25-11-13-26(14-12-25)21(27)18-7-9-22-10-8-18;/h3-6,16,18,22H,7-14H2,1-2H3;1H. The molecule has 2 aromatic rings. The second kappa shape index (κ2) is 9.69. The van der Waals surface area contributed by atoms with Crippen molar-refractivity contribution in [3.05, 3.63) is 35.7 Å². The first-order valence-corrected chi connectivity index (χ1v) is 10.3. The van der Waals surface area contributed by atoms with Crippen LogP contribution in [0.5, 0.6) is 0 Å². The molecule has 29 heavy (non-hydrogen) atoms. The van der Waals surface area contributed by atoms with E-state index in [-0.39, 0.29) is 24.4 Å². The molecule has 0 radical (unpaired) electrons. The van der Waals surface area contributed by atoms with Gasteiger partial charge in [-0.2, -0.15) is 4.98 Å². The quantitative estimate of drug-likeness (QED) is 0.821. The Bertz CT molecular complexity index is 796. The monoisotopic (exact) mass is 419 g/mol. The van der Waals surface area contributed by atoms with Gasteiger partial charge in [-0.05, 0) is 39.8 Å². The highest BCUT2D eigenvalue weighted by molar-refractivity contribution is 5.85. The number of benzene rings is 1. The average Bonchev–Trinajstić information content (AvgIpc) is 3.24. The smallest absolute Gasteiger partial charge is 0.244 e. The normalized spacial score (nSPS) is 19.6. The van der Waals surface area contributed by atoms with E-state index in [1.54, 1.807) is 0 Å². The lowest BCUT2D eigenvalue weighted by Gasteiger charge is -2.38. The van der Waals surface area contributed by atoms with Crippen molar-refractivity contribution < 1.29 is 9.32 Å². The number of carbonyl (C=O) groups excluding carboxylic acids is 1. The summed E-state index contributed by atoms with van der Waals surface area (Å²) in [4.78, 5) is 21.7. The molecule has 2 aliphatic rings. The Labute approximate surface area is 178 Å². The maximum Gasteiger partial charge on any atom is 0.244 e. The molecule has 2 saturated heterocycles. The molecule has 1 N–H and O–H groups in total. The lowest BCUT2D eigenvalue weighted by atomic mass is 9.96. The van der Waals surface area contributed by atoms with Crippen molar-refractivity contribution in [3.8, 4) is 11.4 Å². The van der Waals surface area contributed by atoms with Crippen molar-refractivity contribution in [2.45, 2.75) is 32.7 Å². The highest BCUT2D eigenvalue weighted by Gasteiger charge is 2.31. The third kappa shape index (κ3) is 4.97. The van der Waals surface area contributed by atoms with Crippen LogP contribution in [0.4, 0.5) is 0 Å². The number of aromatic nitrogens is 2. The van der Waals surface area contributed by atoms with Gasteiger partial charge in [0, 0.05) is 37.7 Å². The summed E-state index contributed by atoms with van der Waals surface area (Å²) < 4.78 is 5.54. The number of piperazine rings is 1. The molecule has 158 valence electrons. The van der Waals surface area contributed by atoms with E-state index in [2.05, 4.69) is 34.2 Å². The van der Waals surface area contributed by atoms with Crippen LogP contribution in [0.2, 0.25) is 0 Å². The average molecular weight is 420 g/mol. The Kier molecular flexibility index (Phi) is 7.27. The summed E-state index contributed by atoms with van der Waals surface area (Å²) in [7, 11) is 0. The van der Waals surface area contributed by atoms with Crippen molar-refractivity contribution in [1.29, 1.82) is 0 Å². The molecular formula is C21H30ClN5O2. The van der Waals surface area contributed by atoms with E-state index in [1.165, 1.54) is 5.56 Å². The Morgan fingerprint density at radius 1 is 1.14 bits per heavy atom. The van der Waals surface area contributed by atoms with Gasteiger partial charge in [-0.25, -0.2) is 0 Å². The van der Waals surface area contributed by atoms with Gasteiger partial charge < -0.3 is 14.7 Å². The minimum atomic E-state index is 0. The molecule has 2 aliphatic heterocycles. The predicted octanol–water partition coefficient (Wildman–Crippen LogP) is 2.67. The Morgan fingerprint density at radius 2 is 1.79 bits per heavy atom. The first-order valence-electron chi connectivity index (χ1n) is 10.3. The zero-order chi connectivity index (χ0) is 19.5. The Balaban J connectivity index is 0.00000240. The number of nitrogens with one attached hydrogen (secondary N) is 1. The lowest BCUT2D eigenvalue weighted by Crippen LogP contribution is -2.51. The van der Waals surface area contributed by atoms with Gasteiger partial charge >= 0.3 is 0 Å². The highest BCUT2D eigenvalue weighted by atomic mass is 35.5. The summed E-state index contributed by atoms with van der Waals surface area (Å²) in [6, 6.07) is 8.17. The lowest BCUT2D eigenvalue weighted by molar-refractivity contribution is -0.138. The summed E-state index contributed by atoms with van der Waals surface area (Å²) in [6.45, 7) is 9.26. The van der Waals surface area contributed by atoms with E-state index >= 15 is 0 Å². The highest BCUT2D eigenvalue weighted by Crippen LogP contribution is 2.24. The minimum Gasteiger partial charge on any atom is -0.340 e. The number of aryl methyl sites for hydroxylation is 1. The Morgan fingerprint density at radius 3 is 2.45 bits per heavy atom. The predicted molar refractivity (Wildman–Crippen MR) is 114 cm³/mol. The van der Waals surface area contributed by atoms with Crippen LogP contribution in [-0.2, 0) is 4.79 Å². The second-order valence-electron chi connectivity index (χ2n) is 7.88. The minimum absolute atomic E-state index is 0. The number of nitrogens with zero attached hydrogens (tertiary/aromatic N) is 4. The summed E-state index contributed by atoms with van der Waals surface area (Å²) in [6.07, 6.45) is 1.92. The maximum atomic E-state index is 12.7. The molecule has 1 amide bonds. The fourth-order valence-corrected chi connectivity index (χ4v) is 4.04. The van der Waals surface area contributed by atoms with Crippen molar-refractivity contribution >= 4 is 18.3 Å². The molecule has 1 aromatic carbocycles. The molecule has 1 atom stereocenters. The molecular weight excluding hydrogens is 390 g/mol. The SMILES string of the molecule is Cc1ccc(-c2noc(C(C)N3CCN(C(=O)C4CCNCC4)CC3)n2)cc1.Cl. The topological polar surface area (TPSA) is 74.5 Å². The largest absolute Gasteiger partial charge is 0.340 e. The fraction of sp³-hybridized carbons (Fsp3) is 0.571. The van der Waals surface area contributed by atoms with E-state index < -0.39 is 0 Å². The van der Waals surface area contributed by atoms with E-state index in [4.69, 9.17) is 4.52 Å². The van der Waals surface area contributed by atoms with Crippen LogP contribution in [0.25, 0.3) is 11.4 Å². The zero-order valence-electron chi connectivity index (χ0n) is 17.1. The molecule has 4 rings (SSSR count). The molecule has 3 heterocycles. The number of amides is 1. The number of carbonyl (C=O) groups is 1. The van der Waals surface area contributed by atoms with Crippen LogP contribution in [0.15, 0.2) is 28.8 Å². The number of halogens is 1. The van der Waals surface area contributed by atoms with Gasteiger partial charge in [0.25, 0.3) is 0 Å². The van der Waals surface area contributed by atoms with E-state index in [0.717, 1.165) is 57.7 Å². The molecule has 0 saturated carbocycles. The van der Waals surface area contributed by atoms with Gasteiger partial charge in [0.15, 0.2) is 0 Å². The summed E-state index contributed by atoms with van der Waals surface area (Å²) in [5.74, 6) is 1.78. The Hall–Kier alpha value is -1.96. The summed E-state index contributed by atoms with van der Waals surface area (Å²) in [5.41, 5.74) is 2.17. The molecule has 1 unspecified atom stereocenters. The summed E-state index contributed by atoms with van der Waals surface area (Å²) >= 11 is 0. The van der Waals surface area contributed by atoms with Crippen LogP contribution in [0, 0.1) is 12.8 Å². The number of hydrogen-bond acceptors (Lipinski definition) is 6. The first-order chi connectivity index (χ1) is 13.6. The van der Waals surface area contributed by atoms with E-state index in [9.17, 15) is 4.79 Å². The van der Waals surface area contributed by atoms with Crippen molar-refractivity contribution in [1.82, 2.24) is 25.3 Å². The van der Waals surface area contributed by atoms with Gasteiger partial charge in [0.2, 0.25) is 17.6 Å². The van der Waals surface area contributed by atoms with E-state index in [1.807, 2.05) is 29.2 Å². The van der Waals surface area contributed by atoms with Crippen LogP contribution >= 0.6 is 12.4 Å². The van der Waals surface area contributed by atoms with Crippen molar-refractivity contribution in [2.75, 3.05) is 39.3 Å². The van der Waals surface area contributed by atoms with Gasteiger partial charge in [-0.15, -0.1) is 12.4 Å². The third-order valence-electron chi connectivity index (χ3n) is 5.97. The maximum absolute atomic E-state index is 12.7. The molecule has 1 aromatic heterocycles. The number of piperidine rings is 1. The van der Waals surface area contributed by atoms with Gasteiger partial charge in [-0.3, -0.25) is 9.69 Å². The summed E-state index contributed by atoms with van der Waals surface area (Å²) in [5, 5.41) is 7.48.